The van der Waals surface area contributed by atoms with Crippen molar-refractivity contribution >= 4 is 0 Å². The molecular formula is C126H206N2. The summed E-state index contributed by atoms with van der Waals surface area (Å²) in [7, 11) is 0. The van der Waals surface area contributed by atoms with Crippen LogP contribution in [0.1, 0.15) is 516 Å². The van der Waals surface area contributed by atoms with Crippen molar-refractivity contribution < 1.29 is 0 Å². The lowest BCUT2D eigenvalue weighted by Gasteiger charge is -2.69. The maximum atomic E-state index is 3.73. The molecule has 0 heterocycles. The largest absolute Gasteiger partial charge is 0.294 e. The lowest BCUT2D eigenvalue weighted by Crippen LogP contribution is -2.67. The summed E-state index contributed by atoms with van der Waals surface area (Å²) >= 11 is 0. The number of rotatable bonds is 20. The Morgan fingerprint density at radius 3 is 0.477 bits per heavy atom. The van der Waals surface area contributed by atoms with Crippen LogP contribution < -0.4 is 0 Å². The third-order valence-electron chi connectivity index (χ3n) is 47.2. The van der Waals surface area contributed by atoms with E-state index in [2.05, 4.69) is 61.8 Å². The molecular weight excluding hydrogens is 1540 g/mol. The van der Waals surface area contributed by atoms with E-state index in [0.717, 1.165) is 226 Å². The molecule has 0 aromatic carbocycles. The van der Waals surface area contributed by atoms with Gasteiger partial charge in [-0.2, -0.15) is 0 Å². The number of fused-ring (bicyclic) bond motifs is 6. The maximum absolute atomic E-state index is 3.73. The van der Waals surface area contributed by atoms with Crippen LogP contribution in [-0.4, -0.2) is 46.1 Å². The zero-order valence-electron chi connectivity index (χ0n) is 84.9. The summed E-state index contributed by atoms with van der Waals surface area (Å²) in [5.41, 5.74) is 8.17. The van der Waals surface area contributed by atoms with Crippen molar-refractivity contribution in [2.75, 3.05) is 0 Å². The van der Waals surface area contributed by atoms with Gasteiger partial charge in [-0.15, -0.1) is 0 Å². The lowest BCUT2D eigenvalue weighted by molar-refractivity contribution is -0.201. The predicted octanol–water partition coefficient (Wildman–Crippen LogP) is 36.2. The molecule has 0 amide bonds. The number of hydrogen-bond donors (Lipinski definition) is 0. The molecule has 0 aliphatic heterocycles. The second-order valence-corrected chi connectivity index (χ2v) is 54.0. The normalized spacial score (nSPS) is 46.8. The zero-order chi connectivity index (χ0) is 86.0. The molecule has 21 saturated carbocycles. The van der Waals surface area contributed by atoms with Gasteiger partial charge in [-0.25, -0.2) is 0 Å². The van der Waals surface area contributed by atoms with Crippen LogP contribution in [0.5, 0.6) is 0 Å². The first kappa shape index (κ1) is 93.2. The van der Waals surface area contributed by atoms with Gasteiger partial charge >= 0.3 is 0 Å². The topological polar surface area (TPSA) is 6.48 Å². The minimum Gasteiger partial charge on any atom is -0.294 e. The predicted molar refractivity (Wildman–Crippen MR) is 544 cm³/mol. The second-order valence-electron chi connectivity index (χ2n) is 54.0. The average Bonchev–Trinajstić information content (AvgIpc) is 0.700. The van der Waals surface area contributed by atoms with Crippen LogP contribution in [0.4, 0.5) is 0 Å². The van der Waals surface area contributed by atoms with Gasteiger partial charge in [0.2, 0.25) is 0 Å². The highest BCUT2D eigenvalue weighted by Gasteiger charge is 2.66. The van der Waals surface area contributed by atoms with Crippen molar-refractivity contribution in [1.29, 1.82) is 0 Å². The Hall–Kier alpha value is -1.12. The quantitative estimate of drug-likeness (QED) is 0.112. The highest BCUT2D eigenvalue weighted by Crippen LogP contribution is 2.71. The summed E-state index contributed by atoms with van der Waals surface area (Å²) in [6.45, 7) is 10.3. The molecule has 0 spiro atoms. The first-order chi connectivity index (χ1) is 63.1. The van der Waals surface area contributed by atoms with E-state index in [9.17, 15) is 0 Å². The van der Waals surface area contributed by atoms with Gasteiger partial charge in [0.15, 0.2) is 0 Å². The van der Waals surface area contributed by atoms with Gasteiger partial charge < -0.3 is 0 Å². The van der Waals surface area contributed by atoms with Crippen LogP contribution in [0, 0.1) is 189 Å². The number of nitrogens with zero attached hydrogens (tertiary/aromatic N) is 2. The molecule has 21 fully saturated rings. The Balaban J connectivity index is 0.588. The monoisotopic (exact) mass is 1750 g/mol. The summed E-state index contributed by atoms with van der Waals surface area (Å²) in [6, 6.07) is 5.10. The molecule has 2 nitrogen and oxygen atoms in total. The summed E-state index contributed by atoms with van der Waals surface area (Å²) in [5.74, 6) is 30.8. The zero-order valence-corrected chi connectivity index (χ0v) is 84.9. The van der Waals surface area contributed by atoms with Gasteiger partial charge in [-0.1, -0.05) is 280 Å². The van der Waals surface area contributed by atoms with Crippen LogP contribution >= 0.6 is 0 Å². The molecule has 12 unspecified atom stereocenters. The molecule has 720 valence electrons. The van der Waals surface area contributed by atoms with E-state index >= 15 is 0 Å². The standard InChI is InChI=1S/C126H206N2/c1-85-49-65-97(66-50-85)117(93-29-9-5-10-30-93)81-89-57-73-101(74-58-89)127(102-75-59-90(60-76-102)82-118(94-31-11-6-12-32-94)98-67-51-86(2)52-68-98)125-113-45-25-21-41-109(113)123(110-42-22-26-46-114(110)125)121-105-37-17-19-39-107(105)122(108-40-20-18-38-106(108)121)124-111-43-23-27-47-115(111)126(116-48-28-24-44-112(116)124)128(103-77-61-91(62-78-103)83-119(95-33-13-7-14-34-95)99-69-53-87(3)54-70-99)104-79-63-92(64-80-104)84-120(96-35-15-8-16-36-96)100-71-55-88(4)56-72-100/h81-116,121-126H,5-80H2,1-4H3/b117-81+,118-82+,119-83+,120-84+. The van der Waals surface area contributed by atoms with E-state index in [0.29, 0.717) is 0 Å². The molecule has 0 aromatic heterocycles. The minimum absolute atomic E-state index is 0.836. The van der Waals surface area contributed by atoms with Crippen molar-refractivity contribution in [3.63, 3.8) is 0 Å². The summed E-state index contributed by atoms with van der Waals surface area (Å²) in [5, 5.41) is 0. The molecule has 2 heteroatoms. The van der Waals surface area contributed by atoms with E-state index in [1.807, 2.05) is 22.3 Å². The second kappa shape index (κ2) is 44.1. The smallest absolute Gasteiger partial charge is 0.0163 e. The molecule has 0 aromatic rings. The van der Waals surface area contributed by atoms with Crippen molar-refractivity contribution in [2.24, 2.45) is 189 Å². The minimum atomic E-state index is 0.836. The van der Waals surface area contributed by atoms with Crippen LogP contribution in [-0.2, 0) is 0 Å². The maximum Gasteiger partial charge on any atom is 0.0163 e. The van der Waals surface area contributed by atoms with Gasteiger partial charge in [-0.05, 0) is 472 Å². The van der Waals surface area contributed by atoms with Crippen LogP contribution in [0.15, 0.2) is 46.6 Å². The van der Waals surface area contributed by atoms with Gasteiger partial charge in [0.1, 0.15) is 0 Å². The molecule has 0 bridgehead atoms. The number of hydrogen-bond acceptors (Lipinski definition) is 2. The highest BCUT2D eigenvalue weighted by molar-refractivity contribution is 5.23. The van der Waals surface area contributed by atoms with Gasteiger partial charge in [-0.3, -0.25) is 9.80 Å². The Morgan fingerprint density at radius 1 is 0.148 bits per heavy atom. The molecule has 128 heavy (non-hydrogen) atoms. The molecule has 0 N–H and O–H groups in total. The fourth-order valence-corrected chi connectivity index (χ4v) is 41.2. The van der Waals surface area contributed by atoms with Crippen LogP contribution in [0.25, 0.3) is 0 Å². The molecule has 12 atom stereocenters. The van der Waals surface area contributed by atoms with Crippen molar-refractivity contribution in [1.82, 2.24) is 9.80 Å². The van der Waals surface area contributed by atoms with Crippen molar-refractivity contribution in [3.05, 3.63) is 46.6 Å². The lowest BCUT2D eigenvalue weighted by atomic mass is 9.38. The van der Waals surface area contributed by atoms with Crippen molar-refractivity contribution in [2.45, 2.75) is 552 Å². The van der Waals surface area contributed by atoms with Crippen molar-refractivity contribution in [3.8, 4) is 0 Å². The van der Waals surface area contributed by atoms with Crippen LogP contribution in [0.3, 0.4) is 0 Å². The highest BCUT2D eigenvalue weighted by atomic mass is 15.2. The first-order valence-electron chi connectivity index (χ1n) is 61.6. The molecule has 0 saturated heterocycles. The first-order valence-corrected chi connectivity index (χ1v) is 61.6. The van der Waals surface area contributed by atoms with Gasteiger partial charge in [0.05, 0.1) is 0 Å². The summed E-state index contributed by atoms with van der Waals surface area (Å²) in [6.07, 6.45) is 129. The Labute approximate surface area is 792 Å². The van der Waals surface area contributed by atoms with Crippen LogP contribution in [0.2, 0.25) is 0 Å². The van der Waals surface area contributed by atoms with E-state index in [4.69, 9.17) is 0 Å². The SMILES string of the molecule is CC1CCC(/C(=C/C2CCC(N(C3CCC(/C=C(\C4CCCCC4)C4CCC(C)CC4)CC3)C3C4CCCCC4C(C4C5CCCCC5C(C5C6CCCCC6C(N(C6CCC(/C=C(\C7CCCCC7)C7CCC(C)CC7)CC6)C6CCC(/C=C(\C7CCCCC7)C7CCC(C)CC7)CC6)C6CCCCC65)C5CCCCC54)C4CCCCC43)CC2)C2CCCCC2)CC1. The van der Waals surface area contributed by atoms with E-state index in [1.54, 1.807) is 154 Å². The Kier molecular flexibility index (Phi) is 32.1. The fourth-order valence-electron chi connectivity index (χ4n) is 41.2. The molecule has 21 aliphatic carbocycles. The summed E-state index contributed by atoms with van der Waals surface area (Å²) in [4.78, 5) is 7.45. The molecule has 0 radical (unpaired) electrons. The Morgan fingerprint density at radius 2 is 0.297 bits per heavy atom. The molecule has 21 aliphatic rings. The molecule has 21 rings (SSSR count). The van der Waals surface area contributed by atoms with E-state index in [-0.39, 0.29) is 0 Å². The van der Waals surface area contributed by atoms with E-state index < -0.39 is 0 Å². The Bertz CT molecular complexity index is 3030. The average molecular weight is 1750 g/mol. The summed E-state index contributed by atoms with van der Waals surface area (Å²) < 4.78 is 0. The number of allylic oxidation sites excluding steroid dienone is 8. The van der Waals surface area contributed by atoms with Gasteiger partial charge in [0, 0.05) is 36.3 Å². The fraction of sp³-hybridized carbons (Fsp3) is 0.937. The van der Waals surface area contributed by atoms with Gasteiger partial charge in [0.25, 0.3) is 0 Å². The van der Waals surface area contributed by atoms with E-state index in [1.165, 1.54) is 334 Å². The third kappa shape index (κ3) is 20.6. The third-order valence-corrected chi connectivity index (χ3v) is 47.2.